The van der Waals surface area contributed by atoms with Gasteiger partial charge < -0.3 is 10.1 Å². The fourth-order valence-corrected chi connectivity index (χ4v) is 3.08. The van der Waals surface area contributed by atoms with E-state index in [1.807, 2.05) is 7.05 Å². The molecule has 2 rings (SSSR count). The molecule has 1 N–H and O–H groups in total. The first-order chi connectivity index (χ1) is 9.72. The van der Waals surface area contributed by atoms with Crippen LogP contribution in [0, 0.1) is 12.8 Å². The zero-order valence-corrected chi connectivity index (χ0v) is 13.1. The molecule has 1 heterocycles. The zero-order valence-electron chi connectivity index (χ0n) is 13.1. The van der Waals surface area contributed by atoms with Crippen molar-refractivity contribution in [2.75, 3.05) is 33.8 Å². The van der Waals surface area contributed by atoms with Gasteiger partial charge in [-0.2, -0.15) is 0 Å². The van der Waals surface area contributed by atoms with Gasteiger partial charge in [0.25, 0.3) is 0 Å². The third kappa shape index (κ3) is 4.22. The van der Waals surface area contributed by atoms with Crippen LogP contribution in [0.25, 0.3) is 0 Å². The van der Waals surface area contributed by atoms with E-state index in [0.717, 1.165) is 24.8 Å². The molecule has 1 aliphatic rings. The highest BCUT2D eigenvalue weighted by atomic mass is 16.5. The second-order valence-electron chi connectivity index (χ2n) is 5.92. The molecule has 0 bridgehead atoms. The number of benzene rings is 1. The predicted octanol–water partition coefficient (Wildman–Crippen LogP) is 2.83. The molecule has 0 spiro atoms. The van der Waals surface area contributed by atoms with Crippen LogP contribution < -0.4 is 10.1 Å². The molecule has 0 atom stereocenters. The van der Waals surface area contributed by atoms with Gasteiger partial charge in [0.05, 0.1) is 7.11 Å². The quantitative estimate of drug-likeness (QED) is 0.864. The van der Waals surface area contributed by atoms with Gasteiger partial charge in [-0.05, 0) is 76.0 Å². The Morgan fingerprint density at radius 1 is 1.30 bits per heavy atom. The van der Waals surface area contributed by atoms with E-state index in [-0.39, 0.29) is 0 Å². The highest BCUT2D eigenvalue weighted by Gasteiger charge is 2.18. The summed E-state index contributed by atoms with van der Waals surface area (Å²) in [6.07, 6.45) is 4.01. The van der Waals surface area contributed by atoms with Gasteiger partial charge >= 0.3 is 0 Å². The summed E-state index contributed by atoms with van der Waals surface area (Å²) in [6, 6.07) is 6.54. The Balaban J connectivity index is 1.82. The Bertz CT molecular complexity index is 411. The second kappa shape index (κ2) is 7.65. The lowest BCUT2D eigenvalue weighted by atomic mass is 9.93. The minimum atomic E-state index is 0.913. The lowest BCUT2D eigenvalue weighted by Gasteiger charge is -2.32. The van der Waals surface area contributed by atoms with Crippen molar-refractivity contribution in [1.29, 1.82) is 0 Å². The number of aryl methyl sites for hydroxylation is 1. The van der Waals surface area contributed by atoms with Crippen molar-refractivity contribution in [2.45, 2.75) is 32.7 Å². The van der Waals surface area contributed by atoms with Crippen LogP contribution in [0.3, 0.4) is 0 Å². The Hall–Kier alpha value is -1.06. The molecule has 0 aromatic heterocycles. The summed E-state index contributed by atoms with van der Waals surface area (Å²) < 4.78 is 5.32. The van der Waals surface area contributed by atoms with Crippen molar-refractivity contribution in [3.8, 4) is 5.75 Å². The minimum Gasteiger partial charge on any atom is -0.496 e. The first-order valence-electron chi connectivity index (χ1n) is 7.73. The second-order valence-corrected chi connectivity index (χ2v) is 5.92. The first-order valence-corrected chi connectivity index (χ1v) is 7.73. The van der Waals surface area contributed by atoms with Crippen LogP contribution in [0.15, 0.2) is 18.2 Å². The average Bonchev–Trinajstić information content (AvgIpc) is 2.47. The van der Waals surface area contributed by atoms with Crippen LogP contribution in [0.2, 0.25) is 0 Å². The molecule has 1 fully saturated rings. The molecule has 1 aromatic carbocycles. The van der Waals surface area contributed by atoms with Crippen LogP contribution in [-0.2, 0) is 6.54 Å². The monoisotopic (exact) mass is 276 g/mol. The third-order valence-electron chi connectivity index (χ3n) is 4.38. The molecule has 3 heteroatoms. The van der Waals surface area contributed by atoms with Gasteiger partial charge in [-0.1, -0.05) is 12.1 Å². The molecule has 0 unspecified atom stereocenters. The molecule has 1 aromatic rings. The maximum Gasteiger partial charge on any atom is 0.121 e. The van der Waals surface area contributed by atoms with Crippen molar-refractivity contribution in [1.82, 2.24) is 10.2 Å². The van der Waals surface area contributed by atoms with E-state index in [1.165, 1.54) is 43.5 Å². The van der Waals surface area contributed by atoms with E-state index in [1.54, 1.807) is 7.11 Å². The molecular weight excluding hydrogens is 248 g/mol. The maximum atomic E-state index is 5.32. The molecule has 20 heavy (non-hydrogen) atoms. The largest absolute Gasteiger partial charge is 0.496 e. The maximum absolute atomic E-state index is 5.32. The van der Waals surface area contributed by atoms with Crippen LogP contribution in [0.4, 0.5) is 0 Å². The molecule has 1 aliphatic heterocycles. The lowest BCUT2D eigenvalue weighted by Crippen LogP contribution is -2.34. The highest BCUT2D eigenvalue weighted by molar-refractivity contribution is 5.36. The van der Waals surface area contributed by atoms with Gasteiger partial charge in [-0.3, -0.25) is 4.90 Å². The Morgan fingerprint density at radius 2 is 2.05 bits per heavy atom. The van der Waals surface area contributed by atoms with Crippen LogP contribution >= 0.6 is 0 Å². The van der Waals surface area contributed by atoms with Gasteiger partial charge in [0.1, 0.15) is 5.75 Å². The normalized spacial score (nSPS) is 17.4. The molecule has 0 aliphatic carbocycles. The summed E-state index contributed by atoms with van der Waals surface area (Å²) in [5.74, 6) is 1.90. The van der Waals surface area contributed by atoms with Crippen molar-refractivity contribution in [2.24, 2.45) is 5.92 Å². The number of likely N-dealkylation sites (tertiary alicyclic amines) is 1. The smallest absolute Gasteiger partial charge is 0.121 e. The number of methoxy groups -OCH3 is 1. The van der Waals surface area contributed by atoms with Gasteiger partial charge in [0.15, 0.2) is 0 Å². The zero-order chi connectivity index (χ0) is 14.4. The molecule has 0 saturated carbocycles. The van der Waals surface area contributed by atoms with Crippen LogP contribution in [0.1, 0.15) is 30.4 Å². The van der Waals surface area contributed by atoms with E-state index in [4.69, 9.17) is 4.74 Å². The Labute approximate surface area is 123 Å². The highest BCUT2D eigenvalue weighted by Crippen LogP contribution is 2.23. The average molecular weight is 276 g/mol. The summed E-state index contributed by atoms with van der Waals surface area (Å²) in [6.45, 7) is 6.82. The topological polar surface area (TPSA) is 24.5 Å². The van der Waals surface area contributed by atoms with E-state index in [2.05, 4.69) is 35.3 Å². The van der Waals surface area contributed by atoms with Gasteiger partial charge in [0, 0.05) is 6.54 Å². The number of hydrogen-bond donors (Lipinski definition) is 1. The summed E-state index contributed by atoms with van der Waals surface area (Å²) in [4.78, 5) is 2.58. The fraction of sp³-hybridized carbons (Fsp3) is 0.647. The van der Waals surface area contributed by atoms with Gasteiger partial charge in [0.2, 0.25) is 0 Å². The number of nitrogens with zero attached hydrogens (tertiary/aromatic N) is 1. The SMILES string of the molecule is CNCCC1CCN(Cc2ccc(OC)c(C)c2)CC1. The van der Waals surface area contributed by atoms with Crippen LogP contribution in [0.5, 0.6) is 5.75 Å². The minimum absolute atomic E-state index is 0.913. The van der Waals surface area contributed by atoms with E-state index >= 15 is 0 Å². The lowest BCUT2D eigenvalue weighted by molar-refractivity contribution is 0.172. The van der Waals surface area contributed by atoms with E-state index in [0.29, 0.717) is 0 Å². The fourth-order valence-electron chi connectivity index (χ4n) is 3.08. The van der Waals surface area contributed by atoms with Crippen molar-refractivity contribution in [3.05, 3.63) is 29.3 Å². The molecule has 112 valence electrons. The summed E-state index contributed by atoms with van der Waals surface area (Å²) >= 11 is 0. The predicted molar refractivity (Wildman–Crippen MR) is 84.3 cm³/mol. The number of rotatable bonds is 6. The summed E-state index contributed by atoms with van der Waals surface area (Å²) in [5, 5.41) is 3.26. The Morgan fingerprint density at radius 3 is 2.65 bits per heavy atom. The molecule has 1 saturated heterocycles. The van der Waals surface area contributed by atoms with E-state index < -0.39 is 0 Å². The summed E-state index contributed by atoms with van der Waals surface area (Å²) in [5.41, 5.74) is 2.63. The number of piperidine rings is 1. The van der Waals surface area contributed by atoms with Crippen molar-refractivity contribution < 1.29 is 4.74 Å². The van der Waals surface area contributed by atoms with Crippen molar-refractivity contribution >= 4 is 0 Å². The van der Waals surface area contributed by atoms with E-state index in [9.17, 15) is 0 Å². The number of ether oxygens (including phenoxy) is 1. The molecule has 0 radical (unpaired) electrons. The van der Waals surface area contributed by atoms with Crippen molar-refractivity contribution in [3.63, 3.8) is 0 Å². The molecule has 0 amide bonds. The summed E-state index contributed by atoms with van der Waals surface area (Å²) in [7, 11) is 3.78. The number of nitrogens with one attached hydrogen (secondary N) is 1. The molecule has 3 nitrogen and oxygen atoms in total. The third-order valence-corrected chi connectivity index (χ3v) is 4.38. The van der Waals surface area contributed by atoms with Crippen LogP contribution in [-0.4, -0.2) is 38.7 Å². The standard InChI is InChI=1S/C17H28N2O/c1-14-12-16(4-5-17(14)20-3)13-19-10-7-15(8-11-19)6-9-18-2/h4-5,12,15,18H,6-11,13H2,1-3H3. The van der Waals surface area contributed by atoms with Gasteiger partial charge in [-0.25, -0.2) is 0 Å². The molecular formula is C17H28N2O. The first kappa shape index (κ1) is 15.3. The number of hydrogen-bond acceptors (Lipinski definition) is 3. The van der Waals surface area contributed by atoms with Gasteiger partial charge in [-0.15, -0.1) is 0 Å². The Kier molecular flexibility index (Phi) is 5.86.